The van der Waals surface area contributed by atoms with Gasteiger partial charge in [0.15, 0.2) is 5.69 Å². The van der Waals surface area contributed by atoms with Gasteiger partial charge in [-0.05, 0) is 35.7 Å². The van der Waals surface area contributed by atoms with Gasteiger partial charge < -0.3 is 20.5 Å². The van der Waals surface area contributed by atoms with E-state index in [0.717, 1.165) is 25.7 Å². The number of H-pyrrole nitrogens is 1. The predicted octanol–water partition coefficient (Wildman–Crippen LogP) is 1.45. The molecule has 0 bridgehead atoms. The average Bonchev–Trinajstić information content (AvgIpc) is 2.95. The zero-order valence-electron chi connectivity index (χ0n) is 11.2. The molecule has 0 spiro atoms. The van der Waals surface area contributed by atoms with E-state index in [-0.39, 0.29) is 35.9 Å². The first kappa shape index (κ1) is 14.5. The molecule has 1 saturated carbocycles. The van der Waals surface area contributed by atoms with Crippen LogP contribution < -0.4 is 5.32 Å². The second-order valence-electron chi connectivity index (χ2n) is 5.21. The minimum atomic E-state index is -0.570. The Balaban J connectivity index is 1.89. The summed E-state index contributed by atoms with van der Waals surface area (Å²) in [5.74, 6) is -0.0221. The molecule has 3 N–H and O–H groups in total. The number of carbonyl (C=O) groups excluding carboxylic acids is 1. The summed E-state index contributed by atoms with van der Waals surface area (Å²) in [6, 6.07) is 2.67. The molecule has 1 aliphatic carbocycles. The largest absolute Gasteiger partial charge is 0.396 e. The van der Waals surface area contributed by atoms with E-state index in [2.05, 4.69) is 10.3 Å². The van der Waals surface area contributed by atoms with Gasteiger partial charge in [0, 0.05) is 19.2 Å². The van der Waals surface area contributed by atoms with E-state index in [1.165, 1.54) is 12.1 Å². The molecule has 1 heterocycles. The Bertz CT molecular complexity index is 486. The van der Waals surface area contributed by atoms with Crippen LogP contribution in [0.25, 0.3) is 0 Å². The van der Waals surface area contributed by atoms with Gasteiger partial charge in [-0.15, -0.1) is 0 Å². The monoisotopic (exact) mass is 281 g/mol. The van der Waals surface area contributed by atoms with E-state index >= 15 is 0 Å². The van der Waals surface area contributed by atoms with Crippen LogP contribution in [0.3, 0.4) is 0 Å². The molecular formula is C13H19N3O4. The van der Waals surface area contributed by atoms with Crippen LogP contribution >= 0.6 is 0 Å². The molecule has 1 aliphatic rings. The number of nitrogens with zero attached hydrogens (tertiary/aromatic N) is 1. The zero-order chi connectivity index (χ0) is 14.5. The summed E-state index contributed by atoms with van der Waals surface area (Å²) in [7, 11) is 0. The van der Waals surface area contributed by atoms with Crippen molar-refractivity contribution in [2.45, 2.75) is 25.7 Å². The first-order valence-corrected chi connectivity index (χ1v) is 6.84. The summed E-state index contributed by atoms with van der Waals surface area (Å²) in [6.07, 6.45) is 4.23. The van der Waals surface area contributed by atoms with Gasteiger partial charge in [0.1, 0.15) is 0 Å². The molecule has 1 aromatic heterocycles. The summed E-state index contributed by atoms with van der Waals surface area (Å²) in [5.41, 5.74) is 0.188. The fourth-order valence-corrected chi connectivity index (χ4v) is 2.74. The number of amides is 1. The Morgan fingerprint density at radius 1 is 1.40 bits per heavy atom. The molecule has 20 heavy (non-hydrogen) atoms. The molecule has 0 radical (unpaired) electrons. The summed E-state index contributed by atoms with van der Waals surface area (Å²) < 4.78 is 0. The van der Waals surface area contributed by atoms with Crippen molar-refractivity contribution in [3.05, 3.63) is 27.9 Å². The maximum Gasteiger partial charge on any atom is 0.321 e. The van der Waals surface area contributed by atoms with Crippen molar-refractivity contribution in [2.24, 2.45) is 11.8 Å². The molecule has 1 fully saturated rings. The van der Waals surface area contributed by atoms with Crippen LogP contribution in [-0.4, -0.2) is 34.1 Å². The van der Waals surface area contributed by atoms with Gasteiger partial charge in [0.25, 0.3) is 5.91 Å². The van der Waals surface area contributed by atoms with Crippen molar-refractivity contribution in [2.75, 3.05) is 13.2 Å². The van der Waals surface area contributed by atoms with E-state index in [4.69, 9.17) is 0 Å². The number of nitro groups is 1. The molecule has 2 unspecified atom stereocenters. The maximum atomic E-state index is 11.9. The topological polar surface area (TPSA) is 108 Å². The molecule has 110 valence electrons. The maximum absolute atomic E-state index is 11.9. The fourth-order valence-electron chi connectivity index (χ4n) is 2.74. The lowest BCUT2D eigenvalue weighted by molar-refractivity contribution is -0.389. The number of aromatic amines is 1. The van der Waals surface area contributed by atoms with E-state index in [1.54, 1.807) is 0 Å². The van der Waals surface area contributed by atoms with Gasteiger partial charge in [-0.25, -0.2) is 4.98 Å². The van der Waals surface area contributed by atoms with Crippen LogP contribution in [0.4, 0.5) is 5.82 Å². The lowest BCUT2D eigenvalue weighted by atomic mass is 9.79. The number of rotatable bonds is 5. The molecule has 0 aliphatic heterocycles. The summed E-state index contributed by atoms with van der Waals surface area (Å²) in [6.45, 7) is 0.644. The third-order valence-electron chi connectivity index (χ3n) is 3.94. The Morgan fingerprint density at radius 3 is 2.70 bits per heavy atom. The molecule has 2 atom stereocenters. The summed E-state index contributed by atoms with van der Waals surface area (Å²) in [4.78, 5) is 24.3. The molecular weight excluding hydrogens is 262 g/mol. The number of hydrogen-bond donors (Lipinski definition) is 3. The number of aliphatic hydroxyl groups excluding tert-OH is 1. The molecule has 1 aromatic rings. The van der Waals surface area contributed by atoms with Gasteiger partial charge in [0.2, 0.25) is 0 Å². The first-order valence-electron chi connectivity index (χ1n) is 6.84. The van der Waals surface area contributed by atoms with Crippen molar-refractivity contribution in [1.29, 1.82) is 0 Å². The van der Waals surface area contributed by atoms with Crippen molar-refractivity contribution in [3.63, 3.8) is 0 Å². The SMILES string of the molecule is O=C(NCC1CCCCC1CO)c1ccc([N+](=O)[O-])[nH]1. The molecule has 7 heteroatoms. The zero-order valence-corrected chi connectivity index (χ0v) is 11.2. The highest BCUT2D eigenvalue weighted by atomic mass is 16.6. The molecule has 2 rings (SSSR count). The lowest BCUT2D eigenvalue weighted by Gasteiger charge is -2.30. The quantitative estimate of drug-likeness (QED) is 0.560. The predicted molar refractivity (Wildman–Crippen MR) is 72.3 cm³/mol. The minimum absolute atomic E-state index is 0.147. The van der Waals surface area contributed by atoms with E-state index in [9.17, 15) is 20.0 Å². The first-order chi connectivity index (χ1) is 9.61. The molecule has 7 nitrogen and oxygen atoms in total. The number of hydrogen-bond acceptors (Lipinski definition) is 4. The number of carbonyl (C=O) groups is 1. The van der Waals surface area contributed by atoms with Crippen molar-refractivity contribution < 1.29 is 14.8 Å². The Kier molecular flexibility index (Phi) is 4.73. The average molecular weight is 281 g/mol. The lowest BCUT2D eigenvalue weighted by Crippen LogP contribution is -2.35. The highest BCUT2D eigenvalue weighted by Gasteiger charge is 2.25. The van der Waals surface area contributed by atoms with Crippen LogP contribution in [0.15, 0.2) is 12.1 Å². The number of aromatic nitrogens is 1. The van der Waals surface area contributed by atoms with E-state index in [1.807, 2.05) is 0 Å². The molecule has 0 saturated heterocycles. The highest BCUT2D eigenvalue weighted by Crippen LogP contribution is 2.29. The standard InChI is InChI=1S/C13H19N3O4/c17-8-10-4-2-1-3-9(10)7-14-13(18)11-5-6-12(15-11)16(19)20/h5-6,9-10,15,17H,1-4,7-8H2,(H,14,18). The van der Waals surface area contributed by atoms with Crippen LogP contribution in [-0.2, 0) is 0 Å². The Hall–Kier alpha value is -1.89. The Labute approximate surface area is 116 Å². The minimum Gasteiger partial charge on any atom is -0.396 e. The van der Waals surface area contributed by atoms with Crippen LogP contribution in [0.1, 0.15) is 36.2 Å². The van der Waals surface area contributed by atoms with Gasteiger partial charge in [0.05, 0.1) is 0 Å². The smallest absolute Gasteiger partial charge is 0.321 e. The van der Waals surface area contributed by atoms with Gasteiger partial charge >= 0.3 is 5.82 Å². The summed E-state index contributed by atoms with van der Waals surface area (Å²) >= 11 is 0. The third kappa shape index (κ3) is 3.36. The van der Waals surface area contributed by atoms with Crippen molar-refractivity contribution in [1.82, 2.24) is 10.3 Å². The van der Waals surface area contributed by atoms with Gasteiger partial charge in [-0.1, -0.05) is 12.8 Å². The van der Waals surface area contributed by atoms with Crippen molar-refractivity contribution >= 4 is 11.7 Å². The van der Waals surface area contributed by atoms with Crippen LogP contribution in [0, 0.1) is 22.0 Å². The highest BCUT2D eigenvalue weighted by molar-refractivity contribution is 5.92. The third-order valence-corrected chi connectivity index (χ3v) is 3.94. The summed E-state index contributed by atoms with van der Waals surface area (Å²) in [5, 5.41) is 22.6. The second kappa shape index (κ2) is 6.51. The number of nitrogens with one attached hydrogen (secondary N) is 2. The second-order valence-corrected chi connectivity index (χ2v) is 5.21. The number of aliphatic hydroxyl groups is 1. The molecule has 0 aromatic carbocycles. The van der Waals surface area contributed by atoms with Crippen LogP contribution in [0.2, 0.25) is 0 Å². The van der Waals surface area contributed by atoms with E-state index < -0.39 is 4.92 Å². The Morgan fingerprint density at radius 2 is 2.10 bits per heavy atom. The van der Waals surface area contributed by atoms with Crippen molar-refractivity contribution in [3.8, 4) is 0 Å². The van der Waals surface area contributed by atoms with Gasteiger partial charge in [-0.2, -0.15) is 0 Å². The van der Waals surface area contributed by atoms with E-state index in [0.29, 0.717) is 6.54 Å². The normalized spacial score (nSPS) is 22.4. The van der Waals surface area contributed by atoms with Crippen LogP contribution in [0.5, 0.6) is 0 Å². The fraction of sp³-hybridized carbons (Fsp3) is 0.615. The van der Waals surface area contributed by atoms with Gasteiger partial charge in [-0.3, -0.25) is 4.79 Å². The molecule has 1 amide bonds.